The summed E-state index contributed by atoms with van der Waals surface area (Å²) in [6, 6.07) is 3.20. The third kappa shape index (κ3) is 2.14. The van der Waals surface area contributed by atoms with Crippen LogP contribution in [0.4, 0.5) is 10.3 Å². The largest absolute Gasteiger partial charge is 0.369 e. The van der Waals surface area contributed by atoms with E-state index in [4.69, 9.17) is 5.73 Å². The van der Waals surface area contributed by atoms with E-state index in [2.05, 4.69) is 46.3 Å². The Morgan fingerprint density at radius 1 is 1.26 bits per heavy atom. The molecule has 2 N–H and O–H groups in total. The van der Waals surface area contributed by atoms with Crippen LogP contribution in [0.5, 0.6) is 0 Å². The number of nitrogen functional groups attached to an aromatic ring is 1. The minimum atomic E-state index is -0.313. The van der Waals surface area contributed by atoms with Gasteiger partial charge in [0.15, 0.2) is 0 Å². The Morgan fingerprint density at radius 3 is 2.37 bits per heavy atom. The SMILES string of the molecule is CCC(CC)(CC)n1c(N)nc2cc(F)c(Br)cc21. The van der Waals surface area contributed by atoms with Gasteiger partial charge in [-0.15, -0.1) is 0 Å². The molecule has 0 radical (unpaired) electrons. The van der Waals surface area contributed by atoms with Gasteiger partial charge in [-0.3, -0.25) is 0 Å². The van der Waals surface area contributed by atoms with Crippen molar-refractivity contribution in [2.45, 2.75) is 45.6 Å². The van der Waals surface area contributed by atoms with Gasteiger partial charge in [0.05, 0.1) is 15.5 Å². The van der Waals surface area contributed by atoms with Crippen LogP contribution in [-0.4, -0.2) is 9.55 Å². The normalized spacial score (nSPS) is 12.3. The fraction of sp³-hybridized carbons (Fsp3) is 0.500. The number of aromatic nitrogens is 2. The molecule has 0 atom stereocenters. The third-order valence-corrected chi connectivity index (χ3v) is 4.78. The van der Waals surface area contributed by atoms with Crippen LogP contribution in [0.25, 0.3) is 11.0 Å². The van der Waals surface area contributed by atoms with Crippen LogP contribution in [0.2, 0.25) is 0 Å². The van der Waals surface area contributed by atoms with Gasteiger partial charge >= 0.3 is 0 Å². The average Bonchev–Trinajstić information content (AvgIpc) is 2.70. The lowest BCUT2D eigenvalue weighted by molar-refractivity contribution is 0.262. The smallest absolute Gasteiger partial charge is 0.201 e. The number of nitrogens with two attached hydrogens (primary N) is 1. The maximum absolute atomic E-state index is 13.6. The highest BCUT2D eigenvalue weighted by molar-refractivity contribution is 9.10. The predicted octanol–water partition coefficient (Wildman–Crippen LogP) is 4.45. The van der Waals surface area contributed by atoms with Crippen LogP contribution in [0, 0.1) is 5.82 Å². The zero-order chi connectivity index (χ0) is 14.2. The molecule has 0 bridgehead atoms. The van der Waals surface area contributed by atoms with E-state index in [0.29, 0.717) is 15.9 Å². The second kappa shape index (κ2) is 5.12. The first-order valence-corrected chi connectivity index (χ1v) is 7.41. The highest BCUT2D eigenvalue weighted by Crippen LogP contribution is 2.36. The molecule has 1 aromatic heterocycles. The summed E-state index contributed by atoms with van der Waals surface area (Å²) >= 11 is 3.24. The Hall–Kier alpha value is -1.10. The van der Waals surface area contributed by atoms with Crippen molar-refractivity contribution < 1.29 is 4.39 Å². The number of fused-ring (bicyclic) bond motifs is 1. The Balaban J connectivity index is 2.79. The Bertz CT molecular complexity index is 594. The fourth-order valence-corrected chi connectivity index (χ4v) is 3.15. The molecule has 0 unspecified atom stereocenters. The van der Waals surface area contributed by atoms with Gasteiger partial charge in [-0.05, 0) is 41.3 Å². The van der Waals surface area contributed by atoms with E-state index in [9.17, 15) is 4.39 Å². The maximum atomic E-state index is 13.6. The first kappa shape index (κ1) is 14.3. The Morgan fingerprint density at radius 2 is 1.84 bits per heavy atom. The van der Waals surface area contributed by atoms with Crippen molar-refractivity contribution >= 4 is 32.9 Å². The molecule has 0 aliphatic rings. The van der Waals surface area contributed by atoms with E-state index in [1.807, 2.05) is 0 Å². The quantitative estimate of drug-likeness (QED) is 0.901. The van der Waals surface area contributed by atoms with Crippen molar-refractivity contribution in [1.82, 2.24) is 9.55 Å². The van der Waals surface area contributed by atoms with E-state index in [-0.39, 0.29) is 11.4 Å². The van der Waals surface area contributed by atoms with Crippen molar-refractivity contribution in [2.24, 2.45) is 0 Å². The van der Waals surface area contributed by atoms with Gasteiger partial charge < -0.3 is 10.3 Å². The van der Waals surface area contributed by atoms with Gasteiger partial charge in [0.1, 0.15) is 5.82 Å². The zero-order valence-corrected chi connectivity index (χ0v) is 13.1. The van der Waals surface area contributed by atoms with Gasteiger partial charge in [-0.25, -0.2) is 9.37 Å². The number of hydrogen-bond donors (Lipinski definition) is 1. The predicted molar refractivity (Wildman–Crippen MR) is 80.7 cm³/mol. The van der Waals surface area contributed by atoms with Gasteiger partial charge in [0.25, 0.3) is 0 Å². The van der Waals surface area contributed by atoms with Crippen LogP contribution >= 0.6 is 15.9 Å². The summed E-state index contributed by atoms with van der Waals surface area (Å²) < 4.78 is 16.1. The summed E-state index contributed by atoms with van der Waals surface area (Å²) in [4.78, 5) is 4.30. The molecule has 0 saturated heterocycles. The summed E-state index contributed by atoms with van der Waals surface area (Å²) in [5.74, 6) is 0.144. The first-order chi connectivity index (χ1) is 8.99. The molecule has 0 amide bonds. The number of nitrogens with zero attached hydrogens (tertiary/aromatic N) is 2. The van der Waals surface area contributed by atoms with E-state index in [1.54, 1.807) is 6.07 Å². The van der Waals surface area contributed by atoms with Crippen molar-refractivity contribution in [1.29, 1.82) is 0 Å². The van der Waals surface area contributed by atoms with Crippen molar-refractivity contribution in [3.8, 4) is 0 Å². The lowest BCUT2D eigenvalue weighted by Crippen LogP contribution is -2.32. The van der Waals surface area contributed by atoms with E-state index >= 15 is 0 Å². The van der Waals surface area contributed by atoms with Crippen LogP contribution < -0.4 is 5.73 Å². The average molecular weight is 328 g/mol. The van der Waals surface area contributed by atoms with Crippen LogP contribution in [0.3, 0.4) is 0 Å². The number of imidazole rings is 1. The fourth-order valence-electron chi connectivity index (χ4n) is 2.81. The highest BCUT2D eigenvalue weighted by Gasteiger charge is 2.30. The Labute approximate surface area is 121 Å². The molecule has 19 heavy (non-hydrogen) atoms. The van der Waals surface area contributed by atoms with Crippen molar-refractivity contribution in [2.75, 3.05) is 5.73 Å². The van der Waals surface area contributed by atoms with Gasteiger partial charge in [0.2, 0.25) is 5.95 Å². The molecule has 0 saturated carbocycles. The molecule has 0 spiro atoms. The van der Waals surface area contributed by atoms with E-state index < -0.39 is 0 Å². The highest BCUT2D eigenvalue weighted by atomic mass is 79.9. The minimum absolute atomic E-state index is 0.0594. The summed E-state index contributed by atoms with van der Waals surface area (Å²) in [6.45, 7) is 6.45. The van der Waals surface area contributed by atoms with Gasteiger partial charge in [-0.1, -0.05) is 20.8 Å². The van der Waals surface area contributed by atoms with E-state index in [0.717, 1.165) is 24.8 Å². The number of benzene rings is 1. The molecule has 0 fully saturated rings. The van der Waals surface area contributed by atoms with E-state index in [1.165, 1.54) is 6.07 Å². The second-order valence-corrected chi connectivity index (χ2v) is 5.70. The summed E-state index contributed by atoms with van der Waals surface area (Å²) in [5.41, 5.74) is 7.52. The Kier molecular flexibility index (Phi) is 3.85. The lowest BCUT2D eigenvalue weighted by atomic mass is 9.89. The molecule has 2 rings (SSSR count). The molecular formula is C14H19BrFN3. The molecule has 1 aromatic carbocycles. The first-order valence-electron chi connectivity index (χ1n) is 6.62. The molecule has 1 heterocycles. The van der Waals surface area contributed by atoms with Crippen molar-refractivity contribution in [3.05, 3.63) is 22.4 Å². The molecule has 0 aliphatic carbocycles. The summed E-state index contributed by atoms with van der Waals surface area (Å²) in [6.07, 6.45) is 2.89. The zero-order valence-electron chi connectivity index (χ0n) is 11.5. The second-order valence-electron chi connectivity index (χ2n) is 4.85. The molecule has 5 heteroatoms. The topological polar surface area (TPSA) is 43.8 Å². The monoisotopic (exact) mass is 327 g/mol. The number of halogens is 2. The molecular weight excluding hydrogens is 309 g/mol. The molecule has 104 valence electrons. The molecule has 3 nitrogen and oxygen atoms in total. The summed E-state index contributed by atoms with van der Waals surface area (Å²) in [7, 11) is 0. The maximum Gasteiger partial charge on any atom is 0.201 e. The summed E-state index contributed by atoms with van der Waals surface area (Å²) in [5, 5.41) is 0. The van der Waals surface area contributed by atoms with Crippen LogP contribution in [0.15, 0.2) is 16.6 Å². The van der Waals surface area contributed by atoms with Crippen molar-refractivity contribution in [3.63, 3.8) is 0 Å². The number of anilines is 1. The molecule has 0 aliphatic heterocycles. The number of hydrogen-bond acceptors (Lipinski definition) is 2. The number of rotatable bonds is 4. The standard InChI is InChI=1S/C14H19BrFN3/c1-4-14(5-2,6-3)19-12-7-9(15)10(16)8-11(12)18-13(19)17/h7-8H,4-6H2,1-3H3,(H2,17,18). The molecule has 2 aromatic rings. The van der Waals surface area contributed by atoms with Crippen LogP contribution in [0.1, 0.15) is 40.0 Å². The van der Waals surface area contributed by atoms with Gasteiger partial charge in [-0.2, -0.15) is 0 Å². The van der Waals surface area contributed by atoms with Gasteiger partial charge in [0, 0.05) is 11.6 Å². The van der Waals surface area contributed by atoms with Crippen LogP contribution in [-0.2, 0) is 5.54 Å². The minimum Gasteiger partial charge on any atom is -0.369 e. The lowest BCUT2D eigenvalue weighted by Gasteiger charge is -2.33. The third-order valence-electron chi connectivity index (χ3n) is 4.17.